The molecular formula is C30H36N6O5. The van der Waals surface area contributed by atoms with Gasteiger partial charge in [-0.1, -0.05) is 30.3 Å². The monoisotopic (exact) mass is 560 g/mol. The number of benzene rings is 3. The van der Waals surface area contributed by atoms with E-state index >= 15 is 0 Å². The highest BCUT2D eigenvalue weighted by Gasteiger charge is 2.22. The average molecular weight is 561 g/mol. The molecule has 0 aliphatic carbocycles. The fraction of sp³-hybridized carbons (Fsp3) is 0.300. The van der Waals surface area contributed by atoms with Crippen LogP contribution >= 0.6 is 0 Å². The Morgan fingerprint density at radius 2 is 1.39 bits per heavy atom. The molecule has 0 aromatic heterocycles. The summed E-state index contributed by atoms with van der Waals surface area (Å²) in [5.74, 6) is 0.705. The van der Waals surface area contributed by atoms with Gasteiger partial charge < -0.3 is 31.0 Å². The number of guanidine groups is 1. The number of amides is 2. The largest absolute Gasteiger partial charge is 0.493 e. The molecule has 1 aliphatic rings. The lowest BCUT2D eigenvalue weighted by Gasteiger charge is -2.35. The Balaban J connectivity index is 1.47. The summed E-state index contributed by atoms with van der Waals surface area (Å²) in [6.07, 6.45) is 0. The van der Waals surface area contributed by atoms with E-state index in [9.17, 15) is 9.59 Å². The van der Waals surface area contributed by atoms with Crippen molar-refractivity contribution in [2.45, 2.75) is 13.1 Å². The van der Waals surface area contributed by atoms with E-state index in [1.54, 1.807) is 57.7 Å². The number of carbonyl (C=O) groups excluding carboxylic acids is 2. The molecule has 3 aromatic carbocycles. The molecule has 0 bridgehead atoms. The number of nitrogens with one attached hydrogen (secondary N) is 1. The average Bonchev–Trinajstić information content (AvgIpc) is 2.98. The molecule has 0 saturated carbocycles. The van der Waals surface area contributed by atoms with Crippen molar-refractivity contribution in [1.29, 1.82) is 0 Å². The molecule has 1 saturated heterocycles. The number of piperazine rings is 1. The Hall–Kier alpha value is -4.61. The van der Waals surface area contributed by atoms with Gasteiger partial charge in [-0.3, -0.25) is 19.4 Å². The zero-order chi connectivity index (χ0) is 29.4. The minimum atomic E-state index is -0.578. The second-order valence-electron chi connectivity index (χ2n) is 9.58. The van der Waals surface area contributed by atoms with Crippen LogP contribution < -0.4 is 31.0 Å². The second-order valence-corrected chi connectivity index (χ2v) is 9.58. The zero-order valence-corrected chi connectivity index (χ0v) is 23.6. The normalized spacial score (nSPS) is 13.7. The van der Waals surface area contributed by atoms with Crippen LogP contribution in [0.2, 0.25) is 0 Å². The fourth-order valence-corrected chi connectivity index (χ4v) is 4.80. The van der Waals surface area contributed by atoms with Gasteiger partial charge in [0.15, 0.2) is 17.5 Å². The summed E-state index contributed by atoms with van der Waals surface area (Å²) in [5, 5.41) is 2.96. The number of anilines is 1. The molecule has 0 spiro atoms. The molecule has 5 N–H and O–H groups in total. The second kappa shape index (κ2) is 13.6. The van der Waals surface area contributed by atoms with E-state index in [1.165, 1.54) is 0 Å². The summed E-state index contributed by atoms with van der Waals surface area (Å²) in [7, 11) is 4.83. The third kappa shape index (κ3) is 7.33. The van der Waals surface area contributed by atoms with Crippen molar-refractivity contribution in [3.05, 3.63) is 82.9 Å². The number of nitrogens with zero attached hydrogens (tertiary/aromatic N) is 3. The summed E-state index contributed by atoms with van der Waals surface area (Å²) in [6.45, 7) is 4.60. The summed E-state index contributed by atoms with van der Waals surface area (Å²) < 4.78 is 16.6. The number of carbonyl (C=O) groups is 2. The smallest absolute Gasteiger partial charge is 0.280 e. The number of nitrogens with two attached hydrogens (primary N) is 2. The molecule has 3 aromatic rings. The first-order chi connectivity index (χ1) is 19.8. The van der Waals surface area contributed by atoms with E-state index in [1.807, 2.05) is 24.3 Å². The van der Waals surface area contributed by atoms with Gasteiger partial charge >= 0.3 is 0 Å². The topological polar surface area (TPSA) is 145 Å². The number of rotatable bonds is 10. The van der Waals surface area contributed by atoms with Gasteiger partial charge in [0.25, 0.3) is 11.8 Å². The lowest BCUT2D eigenvalue weighted by Crippen LogP contribution is -2.45. The van der Waals surface area contributed by atoms with E-state index < -0.39 is 5.91 Å². The van der Waals surface area contributed by atoms with Crippen molar-refractivity contribution in [3.63, 3.8) is 0 Å². The molecule has 4 rings (SSSR count). The molecule has 41 heavy (non-hydrogen) atoms. The SMILES string of the molecule is COc1ccc(CN2CCN(Cc3ccc(C(=O)N=C(N)N)cc3NC(=O)c3ccccc3)CC2)c(OC)c1OC. The van der Waals surface area contributed by atoms with E-state index in [0.29, 0.717) is 41.6 Å². The lowest BCUT2D eigenvalue weighted by molar-refractivity contribution is 0.0998. The summed E-state index contributed by atoms with van der Waals surface area (Å²) in [4.78, 5) is 33.7. The molecule has 1 aliphatic heterocycles. The third-order valence-corrected chi connectivity index (χ3v) is 6.91. The Morgan fingerprint density at radius 1 is 0.780 bits per heavy atom. The quantitative estimate of drug-likeness (QED) is 0.252. The maximum atomic E-state index is 13.0. The first-order valence-corrected chi connectivity index (χ1v) is 13.2. The molecule has 11 nitrogen and oxygen atoms in total. The van der Waals surface area contributed by atoms with Crippen molar-refractivity contribution in [2.75, 3.05) is 52.8 Å². The number of hydrogen-bond donors (Lipinski definition) is 3. The fourth-order valence-electron chi connectivity index (χ4n) is 4.80. The van der Waals surface area contributed by atoms with Crippen LogP contribution in [0.3, 0.4) is 0 Å². The number of methoxy groups -OCH3 is 3. The van der Waals surface area contributed by atoms with Gasteiger partial charge in [-0.05, 0) is 35.9 Å². The number of aliphatic imine (C=N–C) groups is 1. The van der Waals surface area contributed by atoms with Crippen molar-refractivity contribution >= 4 is 23.5 Å². The van der Waals surface area contributed by atoms with Gasteiger partial charge in [-0.25, -0.2) is 0 Å². The first-order valence-electron chi connectivity index (χ1n) is 13.2. The first kappa shape index (κ1) is 29.4. The maximum Gasteiger partial charge on any atom is 0.280 e. The predicted octanol–water partition coefficient (Wildman–Crippen LogP) is 2.70. The predicted molar refractivity (Wildman–Crippen MR) is 158 cm³/mol. The highest BCUT2D eigenvalue weighted by molar-refractivity contribution is 6.06. The number of hydrogen-bond acceptors (Lipinski definition) is 7. The lowest BCUT2D eigenvalue weighted by atomic mass is 10.1. The van der Waals surface area contributed by atoms with Crippen LogP contribution in [0.1, 0.15) is 31.8 Å². The zero-order valence-electron chi connectivity index (χ0n) is 23.6. The van der Waals surface area contributed by atoms with Crippen molar-refractivity contribution in [1.82, 2.24) is 9.80 Å². The van der Waals surface area contributed by atoms with Gasteiger partial charge in [0.2, 0.25) is 5.75 Å². The standard InChI is InChI=1S/C30H36N6O5/c1-39-25-12-11-23(26(40-2)27(25)41-3)19-36-15-13-35(14-16-36)18-22-10-9-21(29(38)34-30(31)32)17-24(22)33-28(37)20-7-5-4-6-8-20/h4-12,17H,13-16,18-19H2,1-3H3,(H,33,37)(H4,31,32,34,38). The molecule has 11 heteroatoms. The van der Waals surface area contributed by atoms with Gasteiger partial charge in [-0.15, -0.1) is 0 Å². The van der Waals surface area contributed by atoms with Crippen LogP contribution in [-0.2, 0) is 13.1 Å². The molecule has 1 heterocycles. The Kier molecular flexibility index (Phi) is 9.77. The highest BCUT2D eigenvalue weighted by atomic mass is 16.5. The highest BCUT2D eigenvalue weighted by Crippen LogP contribution is 2.40. The van der Waals surface area contributed by atoms with Gasteiger partial charge in [0.1, 0.15) is 0 Å². The van der Waals surface area contributed by atoms with Crippen LogP contribution in [0.5, 0.6) is 17.2 Å². The molecule has 0 unspecified atom stereocenters. The van der Waals surface area contributed by atoms with Crippen LogP contribution in [0.25, 0.3) is 0 Å². The van der Waals surface area contributed by atoms with Gasteiger partial charge in [0.05, 0.1) is 21.3 Å². The molecule has 2 amide bonds. The van der Waals surface area contributed by atoms with Crippen molar-refractivity contribution in [2.24, 2.45) is 16.5 Å². The molecule has 0 atom stereocenters. The van der Waals surface area contributed by atoms with Crippen LogP contribution in [0.15, 0.2) is 65.7 Å². The summed E-state index contributed by atoms with van der Waals surface area (Å²) in [5.41, 5.74) is 14.0. The minimum absolute atomic E-state index is 0.271. The minimum Gasteiger partial charge on any atom is -0.493 e. The van der Waals surface area contributed by atoms with E-state index in [4.69, 9.17) is 25.7 Å². The Labute approximate surface area is 239 Å². The van der Waals surface area contributed by atoms with E-state index in [0.717, 1.165) is 37.3 Å². The van der Waals surface area contributed by atoms with Gasteiger partial charge in [0, 0.05) is 61.6 Å². The van der Waals surface area contributed by atoms with Crippen LogP contribution in [0.4, 0.5) is 5.69 Å². The van der Waals surface area contributed by atoms with Crippen LogP contribution in [-0.4, -0.2) is 75.1 Å². The Morgan fingerprint density at radius 3 is 1.98 bits per heavy atom. The third-order valence-electron chi connectivity index (χ3n) is 6.91. The molecule has 0 radical (unpaired) electrons. The summed E-state index contributed by atoms with van der Waals surface area (Å²) in [6, 6.07) is 17.9. The molecule has 216 valence electrons. The summed E-state index contributed by atoms with van der Waals surface area (Å²) >= 11 is 0. The van der Waals surface area contributed by atoms with Crippen LogP contribution in [0, 0.1) is 0 Å². The van der Waals surface area contributed by atoms with E-state index in [-0.39, 0.29) is 17.4 Å². The van der Waals surface area contributed by atoms with E-state index in [2.05, 4.69) is 20.1 Å². The van der Waals surface area contributed by atoms with Crippen molar-refractivity contribution in [3.8, 4) is 17.2 Å². The van der Waals surface area contributed by atoms with Crippen molar-refractivity contribution < 1.29 is 23.8 Å². The molecule has 1 fully saturated rings. The Bertz CT molecular complexity index is 1400. The number of ether oxygens (including phenoxy) is 3. The molecular weight excluding hydrogens is 524 g/mol. The van der Waals surface area contributed by atoms with Gasteiger partial charge in [-0.2, -0.15) is 4.99 Å². The maximum absolute atomic E-state index is 13.0.